The van der Waals surface area contributed by atoms with E-state index in [1.807, 2.05) is 6.08 Å². The second-order valence-corrected chi connectivity index (χ2v) is 9.63. The fourth-order valence-corrected chi connectivity index (χ4v) is 3.34. The van der Waals surface area contributed by atoms with Gasteiger partial charge in [-0.3, -0.25) is 14.4 Å². The zero-order valence-corrected chi connectivity index (χ0v) is 24.1. The maximum atomic E-state index is 12.4. The van der Waals surface area contributed by atoms with Crippen molar-refractivity contribution in [1.29, 1.82) is 0 Å². The van der Waals surface area contributed by atoms with Crippen LogP contribution < -0.4 is 5.32 Å². The fraction of sp³-hybridized carbons (Fsp3) is 0.531. The van der Waals surface area contributed by atoms with E-state index in [9.17, 15) is 14.4 Å². The lowest BCUT2D eigenvalue weighted by atomic mass is 9.86. The van der Waals surface area contributed by atoms with Crippen molar-refractivity contribution >= 4 is 17.7 Å². The van der Waals surface area contributed by atoms with E-state index in [0.29, 0.717) is 0 Å². The molecule has 1 amide bonds. The minimum atomic E-state index is -0.798. The number of amides is 1. The lowest BCUT2D eigenvalue weighted by molar-refractivity contribution is -0.154. The summed E-state index contributed by atoms with van der Waals surface area (Å²) in [6.45, 7) is 7.52. The summed E-state index contributed by atoms with van der Waals surface area (Å²) >= 11 is 0. The molecule has 6 nitrogen and oxygen atoms in total. The Labute approximate surface area is 230 Å². The van der Waals surface area contributed by atoms with Crippen molar-refractivity contribution in [2.24, 2.45) is 5.41 Å². The van der Waals surface area contributed by atoms with Gasteiger partial charge in [-0.15, -0.1) is 0 Å². The number of carbonyl (C=O) groups is 3. The number of carbonyl (C=O) groups excluding carboxylic acids is 3. The van der Waals surface area contributed by atoms with Gasteiger partial charge in [-0.2, -0.15) is 0 Å². The number of ketones is 1. The van der Waals surface area contributed by atoms with Crippen LogP contribution in [0.5, 0.6) is 0 Å². The predicted molar refractivity (Wildman–Crippen MR) is 157 cm³/mol. The molecule has 1 N–H and O–H groups in total. The van der Waals surface area contributed by atoms with Gasteiger partial charge in [-0.25, -0.2) is 0 Å². The standard InChI is InChI=1S/C32H49NO5/c1-6-7-8-9-10-11-12-13-14-15-16-17-18-19-20-21-22-23-24-29(35)38-27-32(3,4)30(37-5)31(36)33-26-25-28(2)34/h7-8,10-11,13-14,16-17,19-20,22-23,30H,6,9,12,15,18,21,24-27H2,1-5H3,(H,33,36)/b8-7-,11-10-,14-13-,17-16-,20-19-,23-22-/t30-/m0/s1. The van der Waals surface area contributed by atoms with Crippen LogP contribution in [0.15, 0.2) is 72.9 Å². The zero-order chi connectivity index (χ0) is 28.5. The summed E-state index contributed by atoms with van der Waals surface area (Å²) in [5, 5.41) is 2.69. The molecular formula is C32H49NO5. The van der Waals surface area contributed by atoms with Crippen LogP contribution in [0.4, 0.5) is 0 Å². The molecule has 0 saturated carbocycles. The number of hydrogen-bond acceptors (Lipinski definition) is 5. The van der Waals surface area contributed by atoms with E-state index in [2.05, 4.69) is 73.0 Å². The molecule has 6 heteroatoms. The lowest BCUT2D eigenvalue weighted by Gasteiger charge is -2.31. The van der Waals surface area contributed by atoms with Crippen molar-refractivity contribution in [1.82, 2.24) is 5.32 Å². The van der Waals surface area contributed by atoms with Gasteiger partial charge in [-0.1, -0.05) is 93.7 Å². The van der Waals surface area contributed by atoms with Crippen LogP contribution >= 0.6 is 0 Å². The van der Waals surface area contributed by atoms with Gasteiger partial charge in [0.05, 0.1) is 13.0 Å². The monoisotopic (exact) mass is 527 g/mol. The molecule has 0 aliphatic carbocycles. The van der Waals surface area contributed by atoms with Crippen molar-refractivity contribution in [3.8, 4) is 0 Å². The van der Waals surface area contributed by atoms with Crippen molar-refractivity contribution in [3.05, 3.63) is 72.9 Å². The van der Waals surface area contributed by atoms with Crippen LogP contribution in [0, 0.1) is 5.41 Å². The molecule has 0 spiro atoms. The average molecular weight is 528 g/mol. The first-order chi connectivity index (χ1) is 18.2. The SMILES string of the molecule is CC/C=C\C/C=C\C/C=C\C/C=C\C/C=C\C/C=C\CC(=O)OCC(C)(C)[C@@H](OC)C(=O)NCCC(C)=O. The Morgan fingerprint density at radius 3 is 1.63 bits per heavy atom. The predicted octanol–water partition coefficient (Wildman–Crippen LogP) is 6.75. The third kappa shape index (κ3) is 20.1. The van der Waals surface area contributed by atoms with Gasteiger partial charge in [0.15, 0.2) is 0 Å². The van der Waals surface area contributed by atoms with E-state index in [1.54, 1.807) is 19.9 Å². The average Bonchev–Trinajstić information content (AvgIpc) is 2.87. The Hall–Kier alpha value is -2.99. The molecule has 1 atom stereocenters. The smallest absolute Gasteiger partial charge is 0.309 e. The lowest BCUT2D eigenvalue weighted by Crippen LogP contribution is -2.47. The molecule has 0 aromatic carbocycles. The molecule has 0 rings (SSSR count). The Morgan fingerprint density at radius 2 is 1.21 bits per heavy atom. The van der Waals surface area contributed by atoms with E-state index in [-0.39, 0.29) is 43.7 Å². The van der Waals surface area contributed by atoms with Crippen LogP contribution in [0.25, 0.3) is 0 Å². The van der Waals surface area contributed by atoms with E-state index < -0.39 is 11.5 Å². The summed E-state index contributed by atoms with van der Waals surface area (Å²) in [7, 11) is 1.44. The van der Waals surface area contributed by atoms with Crippen LogP contribution in [0.3, 0.4) is 0 Å². The Balaban J connectivity index is 4.09. The number of rotatable bonds is 21. The molecule has 0 bridgehead atoms. The van der Waals surface area contributed by atoms with Crippen molar-refractivity contribution in [2.75, 3.05) is 20.3 Å². The van der Waals surface area contributed by atoms with E-state index >= 15 is 0 Å². The quantitative estimate of drug-likeness (QED) is 0.132. The summed E-state index contributed by atoms with van der Waals surface area (Å²) in [5.74, 6) is -0.682. The number of ether oxygens (including phenoxy) is 2. The normalized spacial score (nSPS) is 13.6. The third-order valence-corrected chi connectivity index (χ3v) is 5.45. The van der Waals surface area contributed by atoms with Crippen molar-refractivity contribution in [3.63, 3.8) is 0 Å². The highest BCUT2D eigenvalue weighted by molar-refractivity contribution is 5.82. The van der Waals surface area contributed by atoms with Gasteiger partial charge in [0.1, 0.15) is 11.9 Å². The number of hydrogen-bond donors (Lipinski definition) is 1. The second kappa shape index (κ2) is 23.2. The molecule has 0 saturated heterocycles. The molecule has 0 heterocycles. The summed E-state index contributed by atoms with van der Waals surface area (Å²) in [4.78, 5) is 35.5. The molecule has 0 aromatic rings. The van der Waals surface area contributed by atoms with Gasteiger partial charge < -0.3 is 14.8 Å². The number of Topliss-reactive ketones (excluding diaryl/α,β-unsaturated/α-hetero) is 1. The summed E-state index contributed by atoms with van der Waals surface area (Å²) in [5.41, 5.74) is -0.719. The van der Waals surface area contributed by atoms with Gasteiger partial charge in [0.2, 0.25) is 5.91 Å². The molecule has 212 valence electrons. The van der Waals surface area contributed by atoms with Crippen LogP contribution in [-0.2, 0) is 23.9 Å². The van der Waals surface area contributed by atoms with Crippen molar-refractivity contribution < 1.29 is 23.9 Å². The van der Waals surface area contributed by atoms with Gasteiger partial charge in [0, 0.05) is 25.5 Å². The first-order valence-electron chi connectivity index (χ1n) is 13.6. The Morgan fingerprint density at radius 1 is 0.763 bits per heavy atom. The Kier molecular flexibility index (Phi) is 21.3. The molecular weight excluding hydrogens is 478 g/mol. The first kappa shape index (κ1) is 35.0. The van der Waals surface area contributed by atoms with Crippen LogP contribution in [0.2, 0.25) is 0 Å². The minimum absolute atomic E-state index is 0.00172. The zero-order valence-electron chi connectivity index (χ0n) is 24.1. The van der Waals surface area contributed by atoms with E-state index in [0.717, 1.165) is 38.5 Å². The van der Waals surface area contributed by atoms with E-state index in [4.69, 9.17) is 9.47 Å². The molecule has 0 aromatic heterocycles. The second-order valence-electron chi connectivity index (χ2n) is 9.63. The van der Waals surface area contributed by atoms with E-state index in [1.165, 1.54) is 14.0 Å². The molecule has 0 fully saturated rings. The number of allylic oxidation sites excluding steroid dienone is 11. The fourth-order valence-electron chi connectivity index (χ4n) is 3.34. The van der Waals surface area contributed by atoms with Gasteiger partial charge in [-0.05, 0) is 45.4 Å². The Bertz CT molecular complexity index is 846. The van der Waals surface area contributed by atoms with Crippen molar-refractivity contribution in [2.45, 2.75) is 85.2 Å². The molecule has 0 radical (unpaired) electrons. The largest absolute Gasteiger partial charge is 0.465 e. The van der Waals surface area contributed by atoms with Crippen LogP contribution in [0.1, 0.15) is 79.1 Å². The number of esters is 1. The highest BCUT2D eigenvalue weighted by Gasteiger charge is 2.36. The maximum Gasteiger partial charge on any atom is 0.309 e. The van der Waals surface area contributed by atoms with Gasteiger partial charge >= 0.3 is 5.97 Å². The molecule has 0 unspecified atom stereocenters. The van der Waals surface area contributed by atoms with Crippen LogP contribution in [-0.4, -0.2) is 44.0 Å². The molecule has 0 aliphatic heterocycles. The summed E-state index contributed by atoms with van der Waals surface area (Å²) in [6, 6.07) is 0. The van der Waals surface area contributed by atoms with Gasteiger partial charge in [0.25, 0.3) is 0 Å². The number of nitrogens with one attached hydrogen (secondary N) is 1. The summed E-state index contributed by atoms with van der Waals surface area (Å²) in [6.07, 6.45) is 30.6. The molecule has 0 aliphatic rings. The highest BCUT2D eigenvalue weighted by atomic mass is 16.5. The summed E-state index contributed by atoms with van der Waals surface area (Å²) < 4.78 is 10.7. The number of methoxy groups -OCH3 is 1. The minimum Gasteiger partial charge on any atom is -0.465 e. The third-order valence-electron chi connectivity index (χ3n) is 5.45. The first-order valence-corrected chi connectivity index (χ1v) is 13.6. The highest BCUT2D eigenvalue weighted by Crippen LogP contribution is 2.24. The maximum absolute atomic E-state index is 12.4. The topological polar surface area (TPSA) is 81.7 Å². The molecule has 38 heavy (non-hydrogen) atoms.